The van der Waals surface area contributed by atoms with Crippen LogP contribution in [0.15, 0.2) is 29.0 Å². The fraction of sp³-hybridized carbons (Fsp3) is 0.429. The van der Waals surface area contributed by atoms with Gasteiger partial charge in [-0.15, -0.1) is 0 Å². The Morgan fingerprint density at radius 1 is 1.41 bits per heavy atom. The second kappa shape index (κ2) is 7.26. The summed E-state index contributed by atoms with van der Waals surface area (Å²) in [7, 11) is 0. The largest absolute Gasteiger partial charge is 0.339 e. The fourth-order valence-electron chi connectivity index (χ4n) is 2.12. The van der Waals surface area contributed by atoms with Crippen LogP contribution in [0.25, 0.3) is 11.4 Å². The topological polar surface area (TPSA) is 84.2 Å². The summed E-state index contributed by atoms with van der Waals surface area (Å²) in [5.74, 6) is 3.03. The number of pyridine rings is 1. The van der Waals surface area contributed by atoms with Gasteiger partial charge in [0.2, 0.25) is 11.7 Å². The zero-order valence-electron chi connectivity index (χ0n) is 12.1. The van der Waals surface area contributed by atoms with Crippen molar-refractivity contribution in [2.24, 2.45) is 0 Å². The second-order valence-electron chi connectivity index (χ2n) is 4.83. The Balaban J connectivity index is 1.48. The van der Waals surface area contributed by atoms with E-state index in [1.165, 1.54) is 0 Å². The average molecular weight is 319 g/mol. The number of thioether (sulfide) groups is 1. The van der Waals surface area contributed by atoms with Crippen LogP contribution >= 0.6 is 11.8 Å². The van der Waals surface area contributed by atoms with E-state index in [4.69, 9.17) is 4.52 Å². The molecule has 1 fully saturated rings. The highest BCUT2D eigenvalue weighted by molar-refractivity contribution is 7.99. The molecule has 0 unspecified atom stereocenters. The van der Waals surface area contributed by atoms with E-state index < -0.39 is 0 Å². The lowest BCUT2D eigenvalue weighted by molar-refractivity contribution is 0.203. The smallest absolute Gasteiger partial charge is 0.317 e. The summed E-state index contributed by atoms with van der Waals surface area (Å²) in [5.41, 5.74) is 0.812. The van der Waals surface area contributed by atoms with Gasteiger partial charge in [-0.3, -0.25) is 4.98 Å². The van der Waals surface area contributed by atoms with Crippen molar-refractivity contribution in [2.75, 3.05) is 31.1 Å². The van der Waals surface area contributed by atoms with Gasteiger partial charge in [-0.2, -0.15) is 16.7 Å². The molecular weight excluding hydrogens is 302 g/mol. The summed E-state index contributed by atoms with van der Waals surface area (Å²) in [6.07, 6.45) is 3.89. The van der Waals surface area contributed by atoms with E-state index >= 15 is 0 Å². The van der Waals surface area contributed by atoms with Crippen LogP contribution in [0.4, 0.5) is 4.79 Å². The molecule has 1 aliphatic heterocycles. The van der Waals surface area contributed by atoms with Gasteiger partial charge in [-0.05, 0) is 12.1 Å². The van der Waals surface area contributed by atoms with Gasteiger partial charge in [0.1, 0.15) is 0 Å². The third-order valence-corrected chi connectivity index (χ3v) is 4.24. The van der Waals surface area contributed by atoms with Gasteiger partial charge in [0.25, 0.3) is 0 Å². The van der Waals surface area contributed by atoms with Crippen LogP contribution in [0.1, 0.15) is 5.89 Å². The summed E-state index contributed by atoms with van der Waals surface area (Å²) in [5, 5.41) is 6.81. The molecular formula is C14H17N5O2S. The number of rotatable bonds is 4. The minimum atomic E-state index is -0.0210. The Hall–Kier alpha value is -2.09. The summed E-state index contributed by atoms with van der Waals surface area (Å²) in [4.78, 5) is 22.1. The van der Waals surface area contributed by atoms with E-state index in [1.54, 1.807) is 12.4 Å². The molecule has 0 atom stereocenters. The maximum atomic E-state index is 11.9. The van der Waals surface area contributed by atoms with Crippen molar-refractivity contribution in [1.82, 2.24) is 25.3 Å². The highest BCUT2D eigenvalue weighted by Gasteiger charge is 2.16. The maximum absolute atomic E-state index is 11.9. The van der Waals surface area contributed by atoms with E-state index in [9.17, 15) is 4.79 Å². The molecule has 22 heavy (non-hydrogen) atoms. The maximum Gasteiger partial charge on any atom is 0.317 e. The van der Waals surface area contributed by atoms with Gasteiger partial charge in [-0.1, -0.05) is 5.16 Å². The van der Waals surface area contributed by atoms with Gasteiger partial charge in [0, 0.05) is 55.5 Å². The number of hydrogen-bond donors (Lipinski definition) is 1. The van der Waals surface area contributed by atoms with Crippen molar-refractivity contribution >= 4 is 17.8 Å². The first kappa shape index (κ1) is 14.8. The quantitative estimate of drug-likeness (QED) is 0.918. The summed E-state index contributed by atoms with van der Waals surface area (Å²) in [6, 6.07) is 3.67. The van der Waals surface area contributed by atoms with Crippen molar-refractivity contribution in [2.45, 2.75) is 6.42 Å². The van der Waals surface area contributed by atoms with Crippen LogP contribution in [-0.4, -0.2) is 57.2 Å². The molecule has 3 heterocycles. The lowest BCUT2D eigenvalue weighted by Crippen LogP contribution is -2.44. The SMILES string of the molecule is O=C(NCCc1nc(-c2cccnc2)no1)N1CCSCC1. The zero-order chi connectivity index (χ0) is 15.2. The van der Waals surface area contributed by atoms with E-state index in [-0.39, 0.29) is 6.03 Å². The van der Waals surface area contributed by atoms with Gasteiger partial charge in [0.05, 0.1) is 0 Å². The van der Waals surface area contributed by atoms with Crippen molar-refractivity contribution in [3.8, 4) is 11.4 Å². The second-order valence-corrected chi connectivity index (χ2v) is 6.06. The van der Waals surface area contributed by atoms with Crippen LogP contribution in [0.2, 0.25) is 0 Å². The summed E-state index contributed by atoms with van der Waals surface area (Å²) in [6.45, 7) is 2.10. The molecule has 1 N–H and O–H groups in total. The molecule has 0 saturated carbocycles. The number of nitrogens with zero attached hydrogens (tertiary/aromatic N) is 4. The zero-order valence-corrected chi connectivity index (χ0v) is 12.9. The predicted octanol–water partition coefficient (Wildman–Crippen LogP) is 1.43. The van der Waals surface area contributed by atoms with Crippen molar-refractivity contribution < 1.29 is 9.32 Å². The molecule has 7 nitrogen and oxygen atoms in total. The van der Waals surface area contributed by atoms with Gasteiger partial charge in [-0.25, -0.2) is 4.79 Å². The number of carbonyl (C=O) groups is 1. The van der Waals surface area contributed by atoms with Crippen LogP contribution in [-0.2, 0) is 6.42 Å². The van der Waals surface area contributed by atoms with Crippen LogP contribution < -0.4 is 5.32 Å². The molecule has 2 aromatic rings. The number of hydrogen-bond acceptors (Lipinski definition) is 6. The Morgan fingerprint density at radius 3 is 3.05 bits per heavy atom. The normalized spacial score (nSPS) is 14.8. The van der Waals surface area contributed by atoms with Crippen molar-refractivity contribution in [3.05, 3.63) is 30.4 Å². The molecule has 2 amide bonds. The van der Waals surface area contributed by atoms with Crippen molar-refractivity contribution in [1.29, 1.82) is 0 Å². The Labute approximate surface area is 132 Å². The highest BCUT2D eigenvalue weighted by atomic mass is 32.2. The number of urea groups is 1. The molecule has 116 valence electrons. The Morgan fingerprint density at radius 2 is 2.27 bits per heavy atom. The first-order valence-electron chi connectivity index (χ1n) is 7.16. The Bertz CT molecular complexity index is 613. The molecule has 1 aliphatic rings. The first-order valence-corrected chi connectivity index (χ1v) is 8.32. The lowest BCUT2D eigenvalue weighted by atomic mass is 10.3. The third-order valence-electron chi connectivity index (χ3n) is 3.30. The van der Waals surface area contributed by atoms with Gasteiger partial charge < -0.3 is 14.7 Å². The summed E-state index contributed by atoms with van der Waals surface area (Å²) < 4.78 is 5.19. The average Bonchev–Trinajstić information content (AvgIpc) is 3.05. The molecule has 8 heteroatoms. The van der Waals surface area contributed by atoms with Crippen molar-refractivity contribution in [3.63, 3.8) is 0 Å². The van der Waals surface area contributed by atoms with Crippen LogP contribution in [0.3, 0.4) is 0 Å². The molecule has 3 rings (SSSR count). The van der Waals surface area contributed by atoms with E-state index in [0.29, 0.717) is 24.7 Å². The Kier molecular flexibility index (Phi) is 4.89. The van der Waals surface area contributed by atoms with E-state index in [0.717, 1.165) is 30.2 Å². The lowest BCUT2D eigenvalue weighted by Gasteiger charge is -2.26. The minimum absolute atomic E-state index is 0.0210. The fourth-order valence-corrected chi connectivity index (χ4v) is 3.03. The number of nitrogens with one attached hydrogen (secondary N) is 1. The van der Waals surface area contributed by atoms with Crippen LogP contribution in [0.5, 0.6) is 0 Å². The van der Waals surface area contributed by atoms with E-state index in [1.807, 2.05) is 28.8 Å². The standard InChI is InChI=1S/C14H17N5O2S/c20-14(19-6-8-22-9-7-19)16-5-3-12-17-13(18-21-12)11-2-1-4-15-10-11/h1-2,4,10H,3,5-9H2,(H,16,20). The summed E-state index contributed by atoms with van der Waals surface area (Å²) >= 11 is 1.88. The molecule has 0 bridgehead atoms. The molecule has 1 saturated heterocycles. The minimum Gasteiger partial charge on any atom is -0.339 e. The monoisotopic (exact) mass is 319 g/mol. The molecule has 0 radical (unpaired) electrons. The molecule has 0 aliphatic carbocycles. The van der Waals surface area contributed by atoms with Crippen LogP contribution in [0, 0.1) is 0 Å². The van der Waals surface area contributed by atoms with E-state index in [2.05, 4.69) is 20.4 Å². The first-order chi connectivity index (χ1) is 10.8. The molecule has 2 aromatic heterocycles. The highest BCUT2D eigenvalue weighted by Crippen LogP contribution is 2.13. The number of aromatic nitrogens is 3. The predicted molar refractivity (Wildman–Crippen MR) is 83.5 cm³/mol. The molecule has 0 spiro atoms. The van der Waals surface area contributed by atoms with Gasteiger partial charge >= 0.3 is 6.03 Å². The number of amides is 2. The van der Waals surface area contributed by atoms with Gasteiger partial charge in [0.15, 0.2) is 0 Å². The third kappa shape index (κ3) is 3.76. The number of carbonyl (C=O) groups excluding carboxylic acids is 1. The molecule has 0 aromatic carbocycles.